The Balaban J connectivity index is 0.00000128. The fourth-order valence-corrected chi connectivity index (χ4v) is 2.92. The Morgan fingerprint density at radius 3 is 2.56 bits per heavy atom. The predicted octanol–water partition coefficient (Wildman–Crippen LogP) is -1.21. The summed E-state index contributed by atoms with van der Waals surface area (Å²) in [5.74, 6) is 0. The Morgan fingerprint density at radius 1 is 1.19 bits per heavy atom. The summed E-state index contributed by atoms with van der Waals surface area (Å²) in [7, 11) is -4.06. The fraction of sp³-hybridized carbons (Fsp3) is 0. The van der Waals surface area contributed by atoms with Crippen molar-refractivity contribution < 1.29 is 42.5 Å². The topological polar surface area (TPSA) is 70.1 Å². The van der Waals surface area contributed by atoms with Crippen LogP contribution in [-0.2, 0) is 9.15 Å². The number of fused-ring (bicyclic) bond motifs is 1. The van der Waals surface area contributed by atoms with Gasteiger partial charge in [-0.1, -0.05) is 18.2 Å². The zero-order valence-corrected chi connectivity index (χ0v) is 12.1. The van der Waals surface area contributed by atoms with Crippen LogP contribution in [-0.4, -0.2) is 18.0 Å². The molecule has 0 fully saturated rings. The van der Waals surface area contributed by atoms with Crippen molar-refractivity contribution in [2.24, 2.45) is 0 Å². The minimum Gasteiger partial charge on any atom is -0.739 e. The number of nitrogens with zero attached hydrogens (tertiary/aromatic N) is 1. The van der Waals surface area contributed by atoms with E-state index in [-0.39, 0.29) is 40.4 Å². The van der Waals surface area contributed by atoms with Gasteiger partial charge < -0.3 is 4.55 Å². The molecule has 0 aliphatic carbocycles. The second-order valence-electron chi connectivity index (χ2n) is 2.82. The molecule has 2 aromatic rings. The van der Waals surface area contributed by atoms with Crippen LogP contribution in [0.1, 0.15) is 0 Å². The SMILES string of the molecule is O=S(=O)([O-])Sc1cccc2cccnc12.[Na+]. The van der Waals surface area contributed by atoms with Crippen molar-refractivity contribution in [3.8, 4) is 0 Å². The predicted molar refractivity (Wildman–Crippen MR) is 57.3 cm³/mol. The molecule has 0 atom stereocenters. The molecule has 1 aromatic carbocycles. The first-order valence-electron chi connectivity index (χ1n) is 4.05. The van der Waals surface area contributed by atoms with Crippen molar-refractivity contribution in [1.29, 1.82) is 0 Å². The number of para-hydroxylation sites is 1. The van der Waals surface area contributed by atoms with E-state index in [9.17, 15) is 13.0 Å². The van der Waals surface area contributed by atoms with Crippen LogP contribution in [0.5, 0.6) is 0 Å². The van der Waals surface area contributed by atoms with E-state index in [1.807, 2.05) is 12.1 Å². The van der Waals surface area contributed by atoms with Gasteiger partial charge in [0.2, 0.25) is 0 Å². The van der Waals surface area contributed by atoms with Crippen molar-refractivity contribution in [3.63, 3.8) is 0 Å². The molecule has 0 unspecified atom stereocenters. The number of aromatic nitrogens is 1. The van der Waals surface area contributed by atoms with Crippen LogP contribution >= 0.6 is 10.8 Å². The average Bonchev–Trinajstić information content (AvgIpc) is 2.16. The van der Waals surface area contributed by atoms with E-state index < -0.39 is 9.15 Å². The van der Waals surface area contributed by atoms with Crippen molar-refractivity contribution in [3.05, 3.63) is 36.5 Å². The number of rotatable bonds is 2. The van der Waals surface area contributed by atoms with Gasteiger partial charge in [-0.15, -0.1) is 0 Å². The second kappa shape index (κ2) is 5.48. The van der Waals surface area contributed by atoms with E-state index in [2.05, 4.69) is 4.98 Å². The van der Waals surface area contributed by atoms with Gasteiger partial charge in [0.05, 0.1) is 5.52 Å². The number of benzene rings is 1. The molecule has 0 amide bonds. The van der Waals surface area contributed by atoms with Crippen LogP contribution in [0.25, 0.3) is 10.9 Å². The van der Waals surface area contributed by atoms with Crippen molar-refractivity contribution in [1.82, 2.24) is 4.98 Å². The fourth-order valence-electron chi connectivity index (χ4n) is 1.25. The first-order chi connectivity index (χ1) is 7.06. The van der Waals surface area contributed by atoms with Gasteiger partial charge >= 0.3 is 29.6 Å². The molecular formula is C9H6NNaO3S2. The first-order valence-corrected chi connectivity index (χ1v) is 6.79. The van der Waals surface area contributed by atoms with Crippen LogP contribution in [0.3, 0.4) is 0 Å². The van der Waals surface area contributed by atoms with Gasteiger partial charge in [0.25, 0.3) is 0 Å². The number of hydrogen-bond donors (Lipinski definition) is 0. The molecule has 0 spiro atoms. The van der Waals surface area contributed by atoms with Crippen LogP contribution in [0, 0.1) is 0 Å². The number of pyridine rings is 1. The maximum absolute atomic E-state index is 10.6. The van der Waals surface area contributed by atoms with Crippen LogP contribution in [0.4, 0.5) is 0 Å². The second-order valence-corrected chi connectivity index (χ2v) is 5.97. The Morgan fingerprint density at radius 2 is 1.88 bits per heavy atom. The normalized spacial score (nSPS) is 11.1. The maximum Gasteiger partial charge on any atom is 1.00 e. The molecule has 0 radical (unpaired) electrons. The summed E-state index contributed by atoms with van der Waals surface area (Å²) >= 11 is 0. The van der Waals surface area contributed by atoms with E-state index >= 15 is 0 Å². The summed E-state index contributed by atoms with van der Waals surface area (Å²) in [6.07, 6.45) is 1.56. The van der Waals surface area contributed by atoms with Gasteiger partial charge in [0.1, 0.15) is 0 Å². The Kier molecular flexibility index (Phi) is 4.78. The van der Waals surface area contributed by atoms with E-state index in [4.69, 9.17) is 0 Å². The van der Waals surface area contributed by atoms with Gasteiger partial charge in [-0.3, -0.25) is 4.98 Å². The summed E-state index contributed by atoms with van der Waals surface area (Å²) in [6.45, 7) is 0. The van der Waals surface area contributed by atoms with Crippen molar-refractivity contribution in [2.75, 3.05) is 0 Å². The molecule has 4 nitrogen and oxygen atoms in total. The Labute approximate surface area is 119 Å². The zero-order valence-electron chi connectivity index (χ0n) is 8.45. The average molecular weight is 263 g/mol. The molecule has 0 N–H and O–H groups in total. The van der Waals surface area contributed by atoms with Gasteiger partial charge in [-0.05, 0) is 22.9 Å². The standard InChI is InChI=1S/C9H7NO3S2.Na/c11-15(12,13)14-8-5-1-3-7-4-2-6-10-9(7)8;/h1-6H,(H,11,12,13);/q;+1/p-1. The van der Waals surface area contributed by atoms with E-state index in [1.54, 1.807) is 24.4 Å². The third kappa shape index (κ3) is 3.44. The molecule has 7 heteroatoms. The molecule has 0 bridgehead atoms. The van der Waals surface area contributed by atoms with E-state index in [0.29, 0.717) is 10.4 Å². The summed E-state index contributed by atoms with van der Waals surface area (Å²) in [6, 6.07) is 8.63. The molecule has 0 saturated heterocycles. The third-order valence-electron chi connectivity index (χ3n) is 1.79. The van der Waals surface area contributed by atoms with Gasteiger partial charge in [-0.25, -0.2) is 8.42 Å². The summed E-state index contributed by atoms with van der Waals surface area (Å²) in [4.78, 5) is 4.41. The van der Waals surface area contributed by atoms with Crippen LogP contribution < -0.4 is 29.6 Å². The molecule has 0 aliphatic heterocycles. The summed E-state index contributed by atoms with van der Waals surface area (Å²) in [5, 5.41) is 0.811. The molecule has 0 aliphatic rings. The quantitative estimate of drug-likeness (QED) is 0.386. The minimum absolute atomic E-state index is 0. The Bertz CT molecular complexity index is 595. The summed E-state index contributed by atoms with van der Waals surface area (Å²) in [5.41, 5.74) is 0.532. The van der Waals surface area contributed by atoms with Crippen molar-refractivity contribution in [2.45, 2.75) is 4.90 Å². The maximum atomic E-state index is 10.6. The zero-order chi connectivity index (χ0) is 10.9. The molecule has 0 saturated carbocycles. The minimum atomic E-state index is -4.34. The van der Waals surface area contributed by atoms with Crippen LogP contribution in [0.2, 0.25) is 0 Å². The summed E-state index contributed by atoms with van der Waals surface area (Å²) < 4.78 is 31.9. The van der Waals surface area contributed by atoms with E-state index in [0.717, 1.165) is 5.39 Å². The van der Waals surface area contributed by atoms with E-state index in [1.165, 1.54) is 0 Å². The Hall–Kier alpha value is -0.110. The number of hydrogen-bond acceptors (Lipinski definition) is 5. The van der Waals surface area contributed by atoms with Gasteiger partial charge in [-0.2, -0.15) is 0 Å². The van der Waals surface area contributed by atoms with Gasteiger partial charge in [0, 0.05) is 16.5 Å². The molecule has 78 valence electrons. The molecular weight excluding hydrogens is 257 g/mol. The van der Waals surface area contributed by atoms with Crippen LogP contribution in [0.15, 0.2) is 41.4 Å². The molecule has 1 aromatic heterocycles. The molecule has 1 heterocycles. The molecule has 2 rings (SSSR count). The smallest absolute Gasteiger partial charge is 0.739 e. The third-order valence-corrected chi connectivity index (χ3v) is 3.65. The monoisotopic (exact) mass is 263 g/mol. The molecule has 16 heavy (non-hydrogen) atoms. The van der Waals surface area contributed by atoms with Crippen molar-refractivity contribution >= 4 is 30.8 Å². The first kappa shape index (κ1) is 14.0. The largest absolute Gasteiger partial charge is 1.00 e. The van der Waals surface area contributed by atoms with Gasteiger partial charge in [0.15, 0.2) is 9.15 Å².